The second kappa shape index (κ2) is 3.67. The number of hydrogen-bond donors (Lipinski definition) is 1. The second-order valence-electron chi connectivity index (χ2n) is 4.04. The minimum Gasteiger partial charge on any atom is -0.507 e. The van der Waals surface area contributed by atoms with Gasteiger partial charge in [0.2, 0.25) is 0 Å². The van der Waals surface area contributed by atoms with E-state index in [0.717, 1.165) is 16.5 Å². The Morgan fingerprint density at radius 2 is 2.00 bits per heavy atom. The fraction of sp³-hybridized carbons (Fsp3) is 0.308. The lowest BCUT2D eigenvalue weighted by Gasteiger charge is -2.12. The number of aryl methyl sites for hydroxylation is 2. The molecule has 1 aromatic heterocycles. The monoisotopic (exact) mass is 217 g/mol. The van der Waals surface area contributed by atoms with Crippen molar-refractivity contribution < 1.29 is 5.11 Å². The third kappa shape index (κ3) is 1.40. The zero-order chi connectivity index (χ0) is 11.9. The van der Waals surface area contributed by atoms with Crippen molar-refractivity contribution in [3.8, 4) is 5.75 Å². The molecule has 0 aliphatic rings. The van der Waals surface area contributed by atoms with Crippen LogP contribution in [0.25, 0.3) is 10.9 Å². The maximum absolute atomic E-state index is 11.9. The third-order valence-corrected chi connectivity index (χ3v) is 2.94. The Hall–Kier alpha value is -1.77. The molecule has 1 heterocycles. The summed E-state index contributed by atoms with van der Waals surface area (Å²) in [7, 11) is 0. The van der Waals surface area contributed by atoms with E-state index in [-0.39, 0.29) is 11.3 Å². The molecule has 0 atom stereocenters. The number of hydrogen-bond acceptors (Lipinski definition) is 2. The molecule has 2 rings (SSSR count). The zero-order valence-electron chi connectivity index (χ0n) is 9.74. The summed E-state index contributed by atoms with van der Waals surface area (Å²) >= 11 is 0. The number of pyridine rings is 1. The lowest BCUT2D eigenvalue weighted by molar-refractivity contribution is 0.474. The van der Waals surface area contributed by atoms with Crippen molar-refractivity contribution in [1.29, 1.82) is 0 Å². The molecule has 3 nitrogen and oxygen atoms in total. The van der Waals surface area contributed by atoms with Gasteiger partial charge in [-0.2, -0.15) is 0 Å². The minimum atomic E-state index is -0.113. The summed E-state index contributed by atoms with van der Waals surface area (Å²) in [6, 6.07) is 5.73. The van der Waals surface area contributed by atoms with Crippen molar-refractivity contribution in [2.75, 3.05) is 0 Å². The summed E-state index contributed by atoms with van der Waals surface area (Å²) in [5.41, 5.74) is 2.18. The molecule has 0 unspecified atom stereocenters. The van der Waals surface area contributed by atoms with Gasteiger partial charge in [-0.05, 0) is 38.5 Å². The molecule has 0 spiro atoms. The Balaban J connectivity index is 3.04. The van der Waals surface area contributed by atoms with Gasteiger partial charge < -0.3 is 9.67 Å². The van der Waals surface area contributed by atoms with Crippen molar-refractivity contribution in [3.63, 3.8) is 0 Å². The van der Waals surface area contributed by atoms with Crippen LogP contribution >= 0.6 is 0 Å². The lowest BCUT2D eigenvalue weighted by Crippen LogP contribution is -2.21. The van der Waals surface area contributed by atoms with Gasteiger partial charge in [0.25, 0.3) is 5.56 Å². The predicted molar refractivity (Wildman–Crippen MR) is 65.0 cm³/mol. The van der Waals surface area contributed by atoms with Gasteiger partial charge >= 0.3 is 0 Å². The molecule has 2 aromatic rings. The summed E-state index contributed by atoms with van der Waals surface area (Å²) in [6.07, 6.45) is 0. The van der Waals surface area contributed by atoms with Gasteiger partial charge in [-0.1, -0.05) is 6.07 Å². The molecule has 0 saturated carbocycles. The van der Waals surface area contributed by atoms with Crippen LogP contribution in [-0.4, -0.2) is 9.67 Å². The smallest absolute Gasteiger partial charge is 0.257 e. The van der Waals surface area contributed by atoms with Crippen LogP contribution in [0.15, 0.2) is 23.0 Å². The van der Waals surface area contributed by atoms with Crippen LogP contribution in [0.4, 0.5) is 0 Å². The first-order valence-electron chi connectivity index (χ1n) is 5.39. The first kappa shape index (κ1) is 10.7. The van der Waals surface area contributed by atoms with E-state index < -0.39 is 0 Å². The van der Waals surface area contributed by atoms with Crippen LogP contribution in [0.5, 0.6) is 5.75 Å². The number of aromatic nitrogens is 1. The molecule has 0 amide bonds. The number of aromatic hydroxyl groups is 1. The van der Waals surface area contributed by atoms with Crippen LogP contribution in [0, 0.1) is 13.8 Å². The van der Waals surface area contributed by atoms with E-state index in [0.29, 0.717) is 12.1 Å². The number of benzene rings is 1. The Kier molecular flexibility index (Phi) is 2.46. The normalized spacial score (nSPS) is 10.9. The fourth-order valence-electron chi connectivity index (χ4n) is 1.99. The maximum Gasteiger partial charge on any atom is 0.257 e. The first-order valence-corrected chi connectivity index (χ1v) is 5.39. The average molecular weight is 217 g/mol. The van der Waals surface area contributed by atoms with Gasteiger partial charge in [0.15, 0.2) is 0 Å². The summed E-state index contributed by atoms with van der Waals surface area (Å²) in [4.78, 5) is 11.9. The Morgan fingerprint density at radius 1 is 1.31 bits per heavy atom. The molecule has 1 aromatic carbocycles. The molecule has 16 heavy (non-hydrogen) atoms. The van der Waals surface area contributed by atoms with Crippen LogP contribution in [-0.2, 0) is 6.54 Å². The van der Waals surface area contributed by atoms with E-state index in [2.05, 4.69) is 0 Å². The van der Waals surface area contributed by atoms with Gasteiger partial charge in [0.1, 0.15) is 5.75 Å². The summed E-state index contributed by atoms with van der Waals surface area (Å²) < 4.78 is 1.69. The topological polar surface area (TPSA) is 42.2 Å². The van der Waals surface area contributed by atoms with E-state index >= 15 is 0 Å². The van der Waals surface area contributed by atoms with Gasteiger partial charge in [-0.25, -0.2) is 0 Å². The fourth-order valence-corrected chi connectivity index (χ4v) is 1.99. The molecule has 84 valence electrons. The molecular weight excluding hydrogens is 202 g/mol. The summed E-state index contributed by atoms with van der Waals surface area (Å²) in [5.74, 6) is 0.102. The Morgan fingerprint density at radius 3 is 2.62 bits per heavy atom. The average Bonchev–Trinajstić information content (AvgIpc) is 2.27. The van der Waals surface area contributed by atoms with E-state index in [1.807, 2.05) is 32.0 Å². The van der Waals surface area contributed by atoms with Crippen molar-refractivity contribution in [2.24, 2.45) is 0 Å². The van der Waals surface area contributed by atoms with Crippen LogP contribution < -0.4 is 5.56 Å². The molecule has 0 radical (unpaired) electrons. The number of fused-ring (bicyclic) bond motifs is 1. The van der Waals surface area contributed by atoms with E-state index in [1.54, 1.807) is 11.5 Å². The molecule has 3 heteroatoms. The lowest BCUT2D eigenvalue weighted by atomic mass is 10.1. The molecule has 0 aliphatic heterocycles. The third-order valence-electron chi connectivity index (χ3n) is 2.94. The van der Waals surface area contributed by atoms with E-state index in [4.69, 9.17) is 0 Å². The van der Waals surface area contributed by atoms with Crippen molar-refractivity contribution >= 4 is 10.9 Å². The van der Waals surface area contributed by atoms with Gasteiger partial charge in [0, 0.05) is 11.9 Å². The Labute approximate surface area is 94.0 Å². The highest BCUT2D eigenvalue weighted by molar-refractivity contribution is 5.86. The van der Waals surface area contributed by atoms with Crippen molar-refractivity contribution in [1.82, 2.24) is 4.57 Å². The van der Waals surface area contributed by atoms with E-state index in [1.165, 1.54) is 0 Å². The van der Waals surface area contributed by atoms with Crippen molar-refractivity contribution in [2.45, 2.75) is 27.3 Å². The van der Waals surface area contributed by atoms with Crippen LogP contribution in [0.2, 0.25) is 0 Å². The minimum absolute atomic E-state index is 0.102. The molecule has 0 aliphatic carbocycles. The first-order chi connectivity index (χ1) is 7.56. The maximum atomic E-state index is 11.9. The number of rotatable bonds is 1. The van der Waals surface area contributed by atoms with Gasteiger partial charge in [0.05, 0.1) is 11.1 Å². The van der Waals surface area contributed by atoms with Gasteiger partial charge in [-0.3, -0.25) is 4.79 Å². The largest absolute Gasteiger partial charge is 0.507 e. The molecule has 0 fully saturated rings. The SMILES string of the molecule is CCn1c(=O)c(C)c(O)c2ccc(C)cc21. The van der Waals surface area contributed by atoms with Crippen LogP contribution in [0.3, 0.4) is 0 Å². The highest BCUT2D eigenvalue weighted by Gasteiger charge is 2.11. The van der Waals surface area contributed by atoms with Crippen LogP contribution in [0.1, 0.15) is 18.1 Å². The standard InChI is InChI=1S/C13H15NO2/c1-4-14-11-7-8(2)5-6-10(11)12(15)9(3)13(14)16/h5-7,15H,4H2,1-3H3. The highest BCUT2D eigenvalue weighted by Crippen LogP contribution is 2.26. The quantitative estimate of drug-likeness (QED) is 0.796. The highest BCUT2D eigenvalue weighted by atomic mass is 16.3. The zero-order valence-corrected chi connectivity index (χ0v) is 9.74. The second-order valence-corrected chi connectivity index (χ2v) is 4.04. The summed E-state index contributed by atoms with van der Waals surface area (Å²) in [5, 5.41) is 10.7. The number of nitrogens with zero attached hydrogens (tertiary/aromatic N) is 1. The van der Waals surface area contributed by atoms with Gasteiger partial charge in [-0.15, -0.1) is 0 Å². The molecule has 0 bridgehead atoms. The molecule has 0 saturated heterocycles. The molecule has 1 N–H and O–H groups in total. The van der Waals surface area contributed by atoms with E-state index in [9.17, 15) is 9.90 Å². The molecular formula is C13H15NO2. The summed E-state index contributed by atoms with van der Waals surface area (Å²) in [6.45, 7) is 6.17. The Bertz CT molecular complexity index is 611. The predicted octanol–water partition coefficient (Wildman–Crippen LogP) is 2.34. The van der Waals surface area contributed by atoms with Crippen molar-refractivity contribution in [3.05, 3.63) is 39.7 Å².